The average molecular weight is 352 g/mol. The lowest BCUT2D eigenvalue weighted by Gasteiger charge is -2.06. The minimum atomic E-state index is 0.0731. The number of Topliss-reactive ketones (excluding diaryl/α,β-unsaturated/α-hetero) is 1. The third kappa shape index (κ3) is 2.80. The molecule has 0 bridgehead atoms. The van der Waals surface area contributed by atoms with E-state index < -0.39 is 0 Å². The van der Waals surface area contributed by atoms with Gasteiger partial charge >= 0.3 is 0 Å². The molecule has 102 valence electrons. The Morgan fingerprint density at radius 3 is 2.75 bits per heavy atom. The molecule has 0 atom stereocenters. The highest BCUT2D eigenvalue weighted by atomic mass is 79.9. The molecule has 0 amide bonds. The Kier molecular flexibility index (Phi) is 3.92. The van der Waals surface area contributed by atoms with E-state index in [1.165, 1.54) is 5.56 Å². The highest BCUT2D eigenvalue weighted by Crippen LogP contribution is 2.24. The third-order valence-corrected chi connectivity index (χ3v) is 4.25. The van der Waals surface area contributed by atoms with E-state index in [-0.39, 0.29) is 5.78 Å². The van der Waals surface area contributed by atoms with Crippen molar-refractivity contribution in [3.05, 3.63) is 68.1 Å². The molecule has 2 nitrogen and oxygen atoms in total. The first-order valence-corrected chi connectivity index (χ1v) is 7.47. The van der Waals surface area contributed by atoms with Crippen LogP contribution in [0.25, 0.3) is 0 Å². The fourth-order valence-corrected chi connectivity index (χ4v) is 3.03. The van der Waals surface area contributed by atoms with Crippen LogP contribution >= 0.6 is 27.5 Å². The van der Waals surface area contributed by atoms with Gasteiger partial charge in [0.1, 0.15) is 0 Å². The minimum absolute atomic E-state index is 0.0731. The summed E-state index contributed by atoms with van der Waals surface area (Å²) in [5.74, 6) is 0.0731. The van der Waals surface area contributed by atoms with Crippen molar-refractivity contribution in [3.8, 4) is 0 Å². The van der Waals surface area contributed by atoms with Crippen LogP contribution in [0.15, 0.2) is 40.9 Å². The fraction of sp³-hybridized carbons (Fsp3) is 0.188. The Morgan fingerprint density at radius 2 is 1.95 bits per heavy atom. The average Bonchev–Trinajstić information content (AvgIpc) is 2.89. The predicted octanol–water partition coefficient (Wildman–Crippen LogP) is 4.56. The topological polar surface area (TPSA) is 26.3 Å². The number of rotatable bonds is 3. The van der Waals surface area contributed by atoms with Crippen molar-refractivity contribution in [1.29, 1.82) is 0 Å². The molecule has 0 fully saturated rings. The molecule has 1 aliphatic rings. The first kappa shape index (κ1) is 13.8. The van der Waals surface area contributed by atoms with Gasteiger partial charge < -0.3 is 4.74 Å². The van der Waals surface area contributed by atoms with Gasteiger partial charge in [-0.2, -0.15) is 0 Å². The summed E-state index contributed by atoms with van der Waals surface area (Å²) >= 11 is 9.51. The van der Waals surface area contributed by atoms with Gasteiger partial charge in [-0.15, -0.1) is 0 Å². The maximum absolute atomic E-state index is 12.3. The fourth-order valence-electron chi connectivity index (χ4n) is 2.29. The van der Waals surface area contributed by atoms with Gasteiger partial charge in [0.05, 0.1) is 13.2 Å². The highest BCUT2D eigenvalue weighted by Gasteiger charge is 2.15. The second-order valence-corrected chi connectivity index (χ2v) is 6.13. The van der Waals surface area contributed by atoms with Crippen LogP contribution in [-0.4, -0.2) is 5.78 Å². The van der Waals surface area contributed by atoms with Crippen molar-refractivity contribution in [1.82, 2.24) is 0 Å². The summed E-state index contributed by atoms with van der Waals surface area (Å²) in [7, 11) is 0. The van der Waals surface area contributed by atoms with E-state index in [4.69, 9.17) is 16.3 Å². The molecule has 0 radical (unpaired) electrons. The maximum Gasteiger partial charge on any atom is 0.167 e. The molecular formula is C16H12BrClO2. The van der Waals surface area contributed by atoms with E-state index in [0.29, 0.717) is 30.2 Å². The van der Waals surface area contributed by atoms with Crippen LogP contribution in [0.3, 0.4) is 0 Å². The van der Waals surface area contributed by atoms with Gasteiger partial charge in [-0.25, -0.2) is 0 Å². The molecule has 0 aliphatic carbocycles. The van der Waals surface area contributed by atoms with Crippen LogP contribution in [0.4, 0.5) is 0 Å². The molecule has 0 saturated heterocycles. The summed E-state index contributed by atoms with van der Waals surface area (Å²) in [6.07, 6.45) is 0.311. The number of fused-ring (bicyclic) bond motifs is 1. The van der Waals surface area contributed by atoms with Crippen LogP contribution in [0, 0.1) is 0 Å². The first-order valence-electron chi connectivity index (χ1n) is 6.30. The van der Waals surface area contributed by atoms with Gasteiger partial charge in [0.2, 0.25) is 0 Å². The van der Waals surface area contributed by atoms with Crippen LogP contribution in [0.1, 0.15) is 27.0 Å². The Morgan fingerprint density at radius 1 is 1.15 bits per heavy atom. The normalized spacial score (nSPS) is 13.3. The summed E-state index contributed by atoms with van der Waals surface area (Å²) in [4.78, 5) is 12.3. The van der Waals surface area contributed by atoms with Crippen molar-refractivity contribution < 1.29 is 9.53 Å². The van der Waals surface area contributed by atoms with Crippen molar-refractivity contribution in [3.63, 3.8) is 0 Å². The van der Waals surface area contributed by atoms with E-state index in [0.717, 1.165) is 15.6 Å². The van der Waals surface area contributed by atoms with Gasteiger partial charge in [0, 0.05) is 21.5 Å². The van der Waals surface area contributed by atoms with E-state index in [2.05, 4.69) is 15.9 Å². The number of carbonyl (C=O) groups excluding carboxylic acids is 1. The summed E-state index contributed by atoms with van der Waals surface area (Å²) in [6.45, 7) is 1.23. The number of carbonyl (C=O) groups is 1. The first-order chi connectivity index (χ1) is 9.63. The Bertz CT molecular complexity index is 682. The SMILES string of the molecule is O=C(Cc1ccc(Br)cc1Cl)c1ccc2c(c1)COC2. The molecule has 1 aliphatic heterocycles. The number of ketones is 1. The van der Waals surface area contributed by atoms with E-state index in [1.807, 2.05) is 30.3 Å². The summed E-state index contributed by atoms with van der Waals surface area (Å²) < 4.78 is 6.27. The number of hydrogen-bond acceptors (Lipinski definition) is 2. The second kappa shape index (κ2) is 5.68. The smallest absolute Gasteiger partial charge is 0.167 e. The molecule has 2 aromatic carbocycles. The zero-order valence-corrected chi connectivity index (χ0v) is 13.0. The Labute approximate surface area is 130 Å². The highest BCUT2D eigenvalue weighted by molar-refractivity contribution is 9.10. The minimum Gasteiger partial charge on any atom is -0.372 e. The van der Waals surface area contributed by atoms with Gasteiger partial charge in [-0.1, -0.05) is 45.7 Å². The molecule has 3 rings (SSSR count). The standard InChI is InChI=1S/C16H12BrClO2/c17-14-4-3-10(15(18)7-14)6-16(19)11-1-2-12-8-20-9-13(12)5-11/h1-5,7H,6,8-9H2. The van der Waals surface area contributed by atoms with Crippen molar-refractivity contribution in [2.75, 3.05) is 0 Å². The van der Waals surface area contributed by atoms with E-state index >= 15 is 0 Å². The van der Waals surface area contributed by atoms with Crippen LogP contribution in [-0.2, 0) is 24.4 Å². The summed E-state index contributed by atoms with van der Waals surface area (Å²) in [6, 6.07) is 11.3. The number of hydrogen-bond donors (Lipinski definition) is 0. The lowest BCUT2D eigenvalue weighted by Crippen LogP contribution is -2.05. The van der Waals surface area contributed by atoms with Crippen molar-refractivity contribution in [2.24, 2.45) is 0 Å². The van der Waals surface area contributed by atoms with Gasteiger partial charge in [0.25, 0.3) is 0 Å². The number of halogens is 2. The Balaban J connectivity index is 1.82. The van der Waals surface area contributed by atoms with Crippen LogP contribution < -0.4 is 0 Å². The predicted molar refractivity (Wildman–Crippen MR) is 82.1 cm³/mol. The summed E-state index contributed by atoms with van der Waals surface area (Å²) in [5, 5.41) is 0.609. The number of ether oxygens (including phenoxy) is 1. The Hall–Kier alpha value is -1.16. The molecule has 0 N–H and O–H groups in total. The number of benzene rings is 2. The zero-order valence-electron chi connectivity index (χ0n) is 10.7. The third-order valence-electron chi connectivity index (χ3n) is 3.41. The van der Waals surface area contributed by atoms with Crippen LogP contribution in [0.5, 0.6) is 0 Å². The lowest BCUT2D eigenvalue weighted by atomic mass is 9.99. The molecule has 4 heteroatoms. The van der Waals surface area contributed by atoms with Crippen molar-refractivity contribution >= 4 is 33.3 Å². The molecule has 2 aromatic rings. The monoisotopic (exact) mass is 350 g/mol. The second-order valence-electron chi connectivity index (χ2n) is 4.81. The molecule has 1 heterocycles. The van der Waals surface area contributed by atoms with Crippen molar-refractivity contribution in [2.45, 2.75) is 19.6 Å². The lowest BCUT2D eigenvalue weighted by molar-refractivity contribution is 0.0993. The molecule has 0 unspecified atom stereocenters. The van der Waals surface area contributed by atoms with Gasteiger partial charge in [-0.05, 0) is 34.9 Å². The van der Waals surface area contributed by atoms with E-state index in [9.17, 15) is 4.79 Å². The molecule has 0 saturated carbocycles. The molecule has 0 aromatic heterocycles. The zero-order chi connectivity index (χ0) is 14.1. The van der Waals surface area contributed by atoms with Gasteiger partial charge in [0.15, 0.2) is 5.78 Å². The summed E-state index contributed by atoms with van der Waals surface area (Å²) in [5.41, 5.74) is 3.84. The van der Waals surface area contributed by atoms with E-state index in [1.54, 1.807) is 6.07 Å². The largest absolute Gasteiger partial charge is 0.372 e. The molecule has 0 spiro atoms. The van der Waals surface area contributed by atoms with Gasteiger partial charge in [-0.3, -0.25) is 4.79 Å². The maximum atomic E-state index is 12.3. The molecule has 20 heavy (non-hydrogen) atoms. The quantitative estimate of drug-likeness (QED) is 0.758. The van der Waals surface area contributed by atoms with Crippen LogP contribution in [0.2, 0.25) is 5.02 Å². The molecular weight excluding hydrogens is 340 g/mol.